The summed E-state index contributed by atoms with van der Waals surface area (Å²) >= 11 is 1.68. The lowest BCUT2D eigenvalue weighted by Gasteiger charge is -2.08. The van der Waals surface area contributed by atoms with E-state index in [2.05, 4.69) is 33.6 Å². The highest BCUT2D eigenvalue weighted by atomic mass is 32.1. The van der Waals surface area contributed by atoms with E-state index >= 15 is 0 Å². The number of nitrogens with one attached hydrogen (secondary N) is 2. The molecule has 1 aromatic carbocycles. The summed E-state index contributed by atoms with van der Waals surface area (Å²) in [6.45, 7) is 3.15. The maximum absolute atomic E-state index is 12.0. The third-order valence-electron chi connectivity index (χ3n) is 4.02. The molecule has 3 rings (SSSR count). The number of thiophene rings is 1. The van der Waals surface area contributed by atoms with Crippen molar-refractivity contribution in [3.05, 3.63) is 47.1 Å². The minimum Gasteiger partial charge on any atom is -0.497 e. The molecule has 0 bridgehead atoms. The van der Waals surface area contributed by atoms with Gasteiger partial charge in [-0.1, -0.05) is 19.1 Å². The summed E-state index contributed by atoms with van der Waals surface area (Å²) in [5.41, 5.74) is 1.04. The molecule has 0 spiro atoms. The van der Waals surface area contributed by atoms with Crippen molar-refractivity contribution in [2.75, 3.05) is 19.0 Å². The predicted octanol–water partition coefficient (Wildman–Crippen LogP) is 3.38. The fourth-order valence-electron chi connectivity index (χ4n) is 2.55. The molecule has 0 aliphatic heterocycles. The van der Waals surface area contributed by atoms with E-state index in [1.165, 1.54) is 4.88 Å². The van der Waals surface area contributed by atoms with E-state index in [9.17, 15) is 4.79 Å². The van der Waals surface area contributed by atoms with Crippen molar-refractivity contribution in [3.8, 4) is 5.75 Å². The van der Waals surface area contributed by atoms with Gasteiger partial charge in [0.15, 0.2) is 0 Å². The maximum Gasteiger partial charge on any atom is 0.222 e. The van der Waals surface area contributed by atoms with Gasteiger partial charge in [0.05, 0.1) is 12.5 Å². The molecule has 0 unspecified atom stereocenters. The van der Waals surface area contributed by atoms with Crippen molar-refractivity contribution in [2.45, 2.75) is 26.3 Å². The molecule has 0 atom stereocenters. The number of benzene rings is 1. The molecule has 2 N–H and O–H groups in total. The van der Waals surface area contributed by atoms with Crippen LogP contribution in [0.15, 0.2) is 36.7 Å². The topological polar surface area (TPSA) is 76.1 Å². The third kappa shape index (κ3) is 4.49. The first-order valence-corrected chi connectivity index (χ1v) is 9.38. The largest absolute Gasteiger partial charge is 0.497 e. The number of ether oxygens (including phenoxy) is 1. The Bertz CT molecular complexity index is 877. The molecule has 2 aromatic heterocycles. The molecule has 136 valence electrons. The van der Waals surface area contributed by atoms with Gasteiger partial charge in [-0.3, -0.25) is 4.79 Å². The van der Waals surface area contributed by atoms with Crippen molar-refractivity contribution in [1.29, 1.82) is 0 Å². The minimum atomic E-state index is -0.00168. The molecule has 0 aliphatic rings. The van der Waals surface area contributed by atoms with Crippen LogP contribution in [0.25, 0.3) is 10.2 Å². The average molecular weight is 370 g/mol. The van der Waals surface area contributed by atoms with E-state index in [4.69, 9.17) is 4.74 Å². The molecule has 0 fully saturated rings. The molecule has 7 heteroatoms. The van der Waals surface area contributed by atoms with Crippen LogP contribution >= 0.6 is 11.3 Å². The quantitative estimate of drug-likeness (QED) is 0.636. The van der Waals surface area contributed by atoms with Crippen LogP contribution in [0.3, 0.4) is 0 Å². The zero-order valence-electron chi connectivity index (χ0n) is 14.9. The summed E-state index contributed by atoms with van der Waals surface area (Å²) in [6.07, 6.45) is 2.92. The number of hydrogen-bond acceptors (Lipinski definition) is 6. The number of amides is 1. The van der Waals surface area contributed by atoms with E-state index in [-0.39, 0.29) is 5.91 Å². The van der Waals surface area contributed by atoms with Crippen LogP contribution in [-0.4, -0.2) is 29.5 Å². The summed E-state index contributed by atoms with van der Waals surface area (Å²) in [5, 5.41) is 7.19. The van der Waals surface area contributed by atoms with E-state index in [1.54, 1.807) is 24.8 Å². The first-order valence-electron chi connectivity index (χ1n) is 8.56. The number of hydrogen-bond donors (Lipinski definition) is 2. The SMILES string of the molecule is CCc1cc2c(NCCC(=O)NCc3ccc(OC)cc3)ncnc2s1. The van der Waals surface area contributed by atoms with Crippen LogP contribution in [0.2, 0.25) is 0 Å². The summed E-state index contributed by atoms with van der Waals surface area (Å²) in [4.78, 5) is 22.9. The predicted molar refractivity (Wildman–Crippen MR) is 105 cm³/mol. The van der Waals surface area contributed by atoms with Gasteiger partial charge < -0.3 is 15.4 Å². The van der Waals surface area contributed by atoms with Gasteiger partial charge in [0.25, 0.3) is 0 Å². The lowest BCUT2D eigenvalue weighted by Crippen LogP contribution is -2.25. The summed E-state index contributed by atoms with van der Waals surface area (Å²) in [6, 6.07) is 9.77. The van der Waals surface area contributed by atoms with Crippen molar-refractivity contribution >= 4 is 33.3 Å². The molecule has 6 nitrogen and oxygen atoms in total. The molecule has 0 saturated heterocycles. The second-order valence-corrected chi connectivity index (χ2v) is 6.92. The molecular formula is C19H22N4O2S. The van der Waals surface area contributed by atoms with Gasteiger partial charge in [-0.2, -0.15) is 0 Å². The van der Waals surface area contributed by atoms with E-state index in [0.29, 0.717) is 19.5 Å². The lowest BCUT2D eigenvalue weighted by molar-refractivity contribution is -0.121. The number of methoxy groups -OCH3 is 1. The Morgan fingerprint density at radius 3 is 2.77 bits per heavy atom. The van der Waals surface area contributed by atoms with Crippen molar-refractivity contribution in [3.63, 3.8) is 0 Å². The highest BCUT2D eigenvalue weighted by Crippen LogP contribution is 2.28. The highest BCUT2D eigenvalue weighted by molar-refractivity contribution is 7.18. The van der Waals surface area contributed by atoms with Crippen LogP contribution in [0.1, 0.15) is 23.8 Å². The Hall–Kier alpha value is -2.67. The molecule has 2 heterocycles. The fraction of sp³-hybridized carbons (Fsp3) is 0.316. The molecule has 0 radical (unpaired) electrons. The first kappa shape index (κ1) is 18.1. The van der Waals surface area contributed by atoms with Crippen LogP contribution < -0.4 is 15.4 Å². The standard InChI is InChI=1S/C19H22N4O2S/c1-3-15-10-16-18(22-12-23-19(16)26-15)20-9-8-17(24)21-11-13-4-6-14(25-2)7-5-13/h4-7,10,12H,3,8-9,11H2,1-2H3,(H,21,24)(H,20,22,23). The summed E-state index contributed by atoms with van der Waals surface area (Å²) < 4.78 is 5.12. The Balaban J connectivity index is 1.48. The number of anilines is 1. The Kier molecular flexibility index (Phi) is 6.01. The first-order chi connectivity index (χ1) is 12.7. The van der Waals surface area contributed by atoms with Gasteiger partial charge in [-0.25, -0.2) is 9.97 Å². The number of carbonyl (C=O) groups is 1. The number of aryl methyl sites for hydroxylation is 1. The van der Waals surface area contributed by atoms with Crippen LogP contribution in [0.4, 0.5) is 5.82 Å². The van der Waals surface area contributed by atoms with Gasteiger partial charge in [-0.15, -0.1) is 11.3 Å². The van der Waals surface area contributed by atoms with E-state index in [1.807, 2.05) is 24.3 Å². The van der Waals surface area contributed by atoms with Crippen LogP contribution in [0, 0.1) is 0 Å². The van der Waals surface area contributed by atoms with Gasteiger partial charge >= 0.3 is 0 Å². The van der Waals surface area contributed by atoms with Crippen molar-refractivity contribution in [1.82, 2.24) is 15.3 Å². The van der Waals surface area contributed by atoms with E-state index < -0.39 is 0 Å². The average Bonchev–Trinajstić information content (AvgIpc) is 3.11. The highest BCUT2D eigenvalue weighted by Gasteiger charge is 2.08. The zero-order valence-corrected chi connectivity index (χ0v) is 15.7. The normalized spacial score (nSPS) is 10.7. The Labute approximate surface area is 156 Å². The molecule has 26 heavy (non-hydrogen) atoms. The number of carbonyl (C=O) groups excluding carboxylic acids is 1. The zero-order chi connectivity index (χ0) is 18.4. The monoisotopic (exact) mass is 370 g/mol. The molecular weight excluding hydrogens is 348 g/mol. The van der Waals surface area contributed by atoms with E-state index in [0.717, 1.165) is 33.8 Å². The fourth-order valence-corrected chi connectivity index (χ4v) is 3.48. The Morgan fingerprint density at radius 1 is 1.23 bits per heavy atom. The molecule has 0 aliphatic carbocycles. The molecule has 3 aromatic rings. The second kappa shape index (κ2) is 8.62. The smallest absolute Gasteiger partial charge is 0.222 e. The second-order valence-electron chi connectivity index (χ2n) is 5.81. The molecule has 1 amide bonds. The number of aromatic nitrogens is 2. The number of fused-ring (bicyclic) bond motifs is 1. The van der Waals surface area contributed by atoms with Gasteiger partial charge in [0.2, 0.25) is 5.91 Å². The maximum atomic E-state index is 12.0. The third-order valence-corrected chi connectivity index (χ3v) is 5.21. The van der Waals surface area contributed by atoms with Crippen LogP contribution in [0.5, 0.6) is 5.75 Å². The lowest BCUT2D eigenvalue weighted by atomic mass is 10.2. The van der Waals surface area contributed by atoms with Gasteiger partial charge in [0.1, 0.15) is 22.7 Å². The molecule has 0 saturated carbocycles. The van der Waals surface area contributed by atoms with Crippen molar-refractivity contribution < 1.29 is 9.53 Å². The number of rotatable bonds is 8. The minimum absolute atomic E-state index is 0.00168. The summed E-state index contributed by atoms with van der Waals surface area (Å²) in [7, 11) is 1.63. The number of nitrogens with zero attached hydrogens (tertiary/aromatic N) is 2. The Morgan fingerprint density at radius 2 is 2.04 bits per heavy atom. The van der Waals surface area contributed by atoms with Crippen molar-refractivity contribution in [2.24, 2.45) is 0 Å². The van der Waals surface area contributed by atoms with Gasteiger partial charge in [0, 0.05) is 24.4 Å². The van der Waals surface area contributed by atoms with Crippen LogP contribution in [-0.2, 0) is 17.8 Å². The summed E-state index contributed by atoms with van der Waals surface area (Å²) in [5.74, 6) is 1.59. The van der Waals surface area contributed by atoms with Gasteiger partial charge in [-0.05, 0) is 30.2 Å².